The minimum absolute atomic E-state index is 0. The topological polar surface area (TPSA) is 0 Å². The molecule has 0 spiro atoms. The fourth-order valence-electron chi connectivity index (χ4n) is 0. The molecule has 3 heteroatoms. The van der Waals surface area contributed by atoms with Crippen molar-refractivity contribution in [3.05, 3.63) is 0 Å². The molecular weight excluding hydrogens is 222 g/mol. The van der Waals surface area contributed by atoms with Crippen molar-refractivity contribution in [3.8, 4) is 0 Å². The molecule has 0 atom stereocenters. The maximum atomic E-state index is 2.21. The number of rotatable bonds is 1. The van der Waals surface area contributed by atoms with Crippen LogP contribution >= 0.6 is 24.8 Å². The Hall–Kier alpha value is 1.45. The first-order valence-corrected chi connectivity index (χ1v) is 3.95. The fraction of sp³-hybridized carbons (Fsp3) is 1.00. The first kappa shape index (κ1) is 15.7. The zero-order valence-corrected chi connectivity index (χ0v) is 8.74. The molecule has 0 N–H and O–H groups in total. The fourth-order valence-corrected chi connectivity index (χ4v) is 0. The van der Waals surface area contributed by atoms with Crippen LogP contribution in [-0.2, 0) is 0 Å². The van der Waals surface area contributed by atoms with Crippen LogP contribution < -0.4 is 0 Å². The van der Waals surface area contributed by atoms with E-state index in [4.69, 9.17) is 0 Å². The van der Waals surface area contributed by atoms with Crippen LogP contribution in [-0.4, -0.2) is 24.4 Å². The van der Waals surface area contributed by atoms with Crippen molar-refractivity contribution < 1.29 is 0 Å². The van der Waals surface area contributed by atoms with E-state index < -0.39 is 0 Å². The average molecular weight is 231 g/mol. The van der Waals surface area contributed by atoms with Crippen molar-refractivity contribution in [2.75, 3.05) is 0 Å². The second-order valence-electron chi connectivity index (χ2n) is 0.789. The van der Waals surface area contributed by atoms with Crippen LogP contribution in [0.25, 0.3) is 0 Å². The van der Waals surface area contributed by atoms with Gasteiger partial charge in [-0.15, -0.1) is 24.8 Å². The zero-order valence-electron chi connectivity index (χ0n) is 3.81. The molecule has 6 heavy (non-hydrogen) atoms. The molecule has 0 aromatic heterocycles. The van der Waals surface area contributed by atoms with Crippen molar-refractivity contribution in [2.24, 2.45) is 0 Å². The summed E-state index contributed by atoms with van der Waals surface area (Å²) in [6.45, 7) is 2.21. The van der Waals surface area contributed by atoms with Gasteiger partial charge in [-0.1, -0.05) is 0 Å². The van der Waals surface area contributed by atoms with Gasteiger partial charge in [-0.05, 0) is 0 Å². The third-order valence-electron chi connectivity index (χ3n) is 0.289. The summed E-state index contributed by atoms with van der Waals surface area (Å²) in [5.41, 5.74) is 0. The Kier molecular flexibility index (Phi) is 42.0. The summed E-state index contributed by atoms with van der Waals surface area (Å²) in [6, 6.07) is 0. The Balaban J connectivity index is -0.0000000450. The van der Waals surface area contributed by atoms with Crippen LogP contribution in [0.1, 0.15) is 13.3 Å². The second kappa shape index (κ2) is 16.1. The molecule has 0 saturated heterocycles. The smallest absolute Gasteiger partial charge is 0.147 e. The van der Waals surface area contributed by atoms with E-state index in [0.717, 1.165) is 0 Å². The summed E-state index contributed by atoms with van der Waals surface area (Å²) in [7, 11) is 0. The van der Waals surface area contributed by atoms with Crippen molar-refractivity contribution >= 4 is 49.2 Å². The van der Waals surface area contributed by atoms with Crippen molar-refractivity contribution in [1.29, 1.82) is 0 Å². The van der Waals surface area contributed by atoms with Crippen molar-refractivity contribution in [3.63, 3.8) is 0 Å². The van der Waals surface area contributed by atoms with Gasteiger partial charge < -0.3 is 0 Å². The van der Waals surface area contributed by atoms with E-state index in [0.29, 0.717) is 0 Å². The predicted octanol–water partition coefficient (Wildman–Crippen LogP) is 1.83. The van der Waals surface area contributed by atoms with E-state index in [1.54, 1.807) is 0 Å². The molecule has 0 bridgehead atoms. The van der Waals surface area contributed by atoms with Crippen LogP contribution in [0.5, 0.6) is 0 Å². The molecule has 0 amide bonds. The molecule has 0 unspecified atom stereocenters. The molecule has 2 radical (unpaired) electrons. The SMILES string of the molecule is CC[CH2][In].Cl.Cl. The second-order valence-corrected chi connectivity index (χ2v) is 2.44. The number of halogens is 2. The van der Waals surface area contributed by atoms with E-state index in [2.05, 4.69) is 6.92 Å². The minimum Gasteiger partial charge on any atom is -0.147 e. The zero-order chi connectivity index (χ0) is 3.41. The quantitative estimate of drug-likeness (QED) is 0.645. The first-order chi connectivity index (χ1) is 1.91. The Bertz CT molecular complexity index is 10.8. The van der Waals surface area contributed by atoms with Crippen LogP contribution in [0, 0.1) is 0 Å². The van der Waals surface area contributed by atoms with Gasteiger partial charge in [-0.3, -0.25) is 0 Å². The molecule has 0 aliphatic carbocycles. The van der Waals surface area contributed by atoms with Crippen LogP contribution in [0.2, 0.25) is 4.18 Å². The Morgan fingerprint density at radius 2 is 1.50 bits per heavy atom. The third-order valence-corrected chi connectivity index (χ3v) is 1.94. The summed E-state index contributed by atoms with van der Waals surface area (Å²) in [6.07, 6.45) is 1.38. The first-order valence-electron chi connectivity index (χ1n) is 1.62. The summed E-state index contributed by atoms with van der Waals surface area (Å²) < 4.78 is 1.45. The normalized spacial score (nSPS) is 4.83. The van der Waals surface area contributed by atoms with Gasteiger partial charge >= 0.3 is 41.9 Å². The molecule has 0 rings (SSSR count). The molecule has 0 nitrogen and oxygen atoms in total. The van der Waals surface area contributed by atoms with E-state index in [-0.39, 0.29) is 24.8 Å². The maximum absolute atomic E-state index is 2.21. The third kappa shape index (κ3) is 18.0. The molecule has 0 aliphatic heterocycles. The largest absolute Gasteiger partial charge is 0.147 e. The molecule has 0 aliphatic rings. The van der Waals surface area contributed by atoms with E-state index in [1.807, 2.05) is 0 Å². The summed E-state index contributed by atoms with van der Waals surface area (Å²) in [4.78, 5) is 0. The van der Waals surface area contributed by atoms with Gasteiger partial charge in [-0.2, -0.15) is 0 Å². The molecular formula is C3H9Cl2In. The monoisotopic (exact) mass is 230 g/mol. The van der Waals surface area contributed by atoms with Crippen LogP contribution in [0.4, 0.5) is 0 Å². The predicted molar refractivity (Wildman–Crippen MR) is 35.3 cm³/mol. The van der Waals surface area contributed by atoms with Gasteiger partial charge in [0.1, 0.15) is 0 Å². The maximum Gasteiger partial charge on any atom is -0.147 e. The molecule has 0 aromatic rings. The molecule has 0 heterocycles. The van der Waals surface area contributed by atoms with E-state index in [9.17, 15) is 0 Å². The Morgan fingerprint density at radius 1 is 1.33 bits per heavy atom. The molecule has 0 fully saturated rings. The number of hydrogen-bond donors (Lipinski definition) is 0. The number of hydrogen-bond acceptors (Lipinski definition) is 0. The molecule has 0 aromatic carbocycles. The molecule has 38 valence electrons. The van der Waals surface area contributed by atoms with E-state index in [1.165, 1.54) is 35.0 Å². The van der Waals surface area contributed by atoms with Gasteiger partial charge in [-0.25, -0.2) is 0 Å². The Morgan fingerprint density at radius 3 is 1.50 bits per heavy atom. The van der Waals surface area contributed by atoms with Crippen molar-refractivity contribution in [1.82, 2.24) is 0 Å². The average Bonchev–Trinajstić information content (AvgIpc) is 1.37. The van der Waals surface area contributed by atoms with Gasteiger partial charge in [0.05, 0.1) is 0 Å². The minimum atomic E-state index is 0. The Labute approximate surface area is 66.5 Å². The summed E-state index contributed by atoms with van der Waals surface area (Å²) in [5.74, 6) is 0. The van der Waals surface area contributed by atoms with Crippen LogP contribution in [0.15, 0.2) is 0 Å². The molecule has 0 saturated carbocycles. The summed E-state index contributed by atoms with van der Waals surface area (Å²) >= 11 is 1.44. The van der Waals surface area contributed by atoms with Crippen LogP contribution in [0.3, 0.4) is 0 Å². The van der Waals surface area contributed by atoms with Gasteiger partial charge in [0, 0.05) is 0 Å². The van der Waals surface area contributed by atoms with Gasteiger partial charge in [0.2, 0.25) is 0 Å². The standard InChI is InChI=1S/C3H7.2ClH.In/c1-3-2;;;/h1,3H2,2H3;2*1H;. The van der Waals surface area contributed by atoms with Gasteiger partial charge in [0.25, 0.3) is 0 Å². The summed E-state index contributed by atoms with van der Waals surface area (Å²) in [5, 5.41) is 0. The van der Waals surface area contributed by atoms with E-state index >= 15 is 0 Å². The van der Waals surface area contributed by atoms with Gasteiger partial charge in [0.15, 0.2) is 0 Å². The van der Waals surface area contributed by atoms with Crippen molar-refractivity contribution in [2.45, 2.75) is 17.5 Å².